The molecule has 0 heterocycles. The van der Waals surface area contributed by atoms with E-state index in [1.165, 1.54) is 6.42 Å². The lowest BCUT2D eigenvalue weighted by Crippen LogP contribution is -2.48. The van der Waals surface area contributed by atoms with Crippen LogP contribution < -0.4 is 16.4 Å². The summed E-state index contributed by atoms with van der Waals surface area (Å²) in [5.74, 6) is -0.486. The van der Waals surface area contributed by atoms with Crippen LogP contribution in [-0.4, -0.2) is 23.9 Å². The topological polar surface area (TPSA) is 84.2 Å². The molecule has 2 rings (SSSR count). The van der Waals surface area contributed by atoms with Gasteiger partial charge in [-0.3, -0.25) is 9.59 Å². The van der Waals surface area contributed by atoms with Gasteiger partial charge in [-0.25, -0.2) is 0 Å². The molecule has 1 unspecified atom stereocenters. The zero-order valence-corrected chi connectivity index (χ0v) is 13.0. The van der Waals surface area contributed by atoms with Crippen LogP contribution in [0.5, 0.6) is 0 Å². The van der Waals surface area contributed by atoms with Gasteiger partial charge in [0.1, 0.15) is 6.04 Å². The number of carbonyl (C=O) groups is 2. The first-order valence-electron chi connectivity index (χ1n) is 7.99. The van der Waals surface area contributed by atoms with Crippen molar-refractivity contribution in [2.24, 2.45) is 5.73 Å². The van der Waals surface area contributed by atoms with Crippen LogP contribution in [0.4, 0.5) is 0 Å². The minimum absolute atomic E-state index is 0.160. The summed E-state index contributed by atoms with van der Waals surface area (Å²) in [5, 5.41) is 5.81. The normalized spacial score (nSPS) is 18.3. The lowest BCUT2D eigenvalue weighted by atomic mass is 9.95. The number of hydrogen-bond acceptors (Lipinski definition) is 3. The second kappa shape index (κ2) is 7.94. The van der Waals surface area contributed by atoms with Gasteiger partial charge in [-0.15, -0.1) is 0 Å². The maximum absolute atomic E-state index is 12.6. The van der Waals surface area contributed by atoms with Gasteiger partial charge in [0.25, 0.3) is 0 Å². The van der Waals surface area contributed by atoms with Crippen LogP contribution in [0.2, 0.25) is 0 Å². The SMILES string of the molecule is C[C@H](N)C(=O)NC(C(=O)NC1CCCCC1)c1ccccc1. The smallest absolute Gasteiger partial charge is 0.247 e. The van der Waals surface area contributed by atoms with Gasteiger partial charge in [-0.1, -0.05) is 49.6 Å². The summed E-state index contributed by atoms with van der Waals surface area (Å²) >= 11 is 0. The molecule has 0 saturated heterocycles. The minimum atomic E-state index is -0.693. The third kappa shape index (κ3) is 4.56. The lowest BCUT2D eigenvalue weighted by molar-refractivity contribution is -0.130. The second-order valence-corrected chi connectivity index (χ2v) is 5.98. The molecule has 1 aromatic carbocycles. The van der Waals surface area contributed by atoms with Crippen LogP contribution in [0.25, 0.3) is 0 Å². The van der Waals surface area contributed by atoms with Crippen molar-refractivity contribution < 1.29 is 9.59 Å². The predicted octanol–water partition coefficient (Wildman–Crippen LogP) is 1.64. The fraction of sp³-hybridized carbons (Fsp3) is 0.529. The van der Waals surface area contributed by atoms with E-state index in [-0.39, 0.29) is 17.9 Å². The summed E-state index contributed by atoms with van der Waals surface area (Å²) in [4.78, 5) is 24.5. The molecule has 5 nitrogen and oxygen atoms in total. The van der Waals surface area contributed by atoms with Crippen molar-refractivity contribution in [2.75, 3.05) is 0 Å². The second-order valence-electron chi connectivity index (χ2n) is 5.98. The first kappa shape index (κ1) is 16.5. The predicted molar refractivity (Wildman–Crippen MR) is 86.0 cm³/mol. The standard InChI is InChI=1S/C17H25N3O2/c1-12(18)16(21)20-15(13-8-4-2-5-9-13)17(22)19-14-10-6-3-7-11-14/h2,4-5,8-9,12,14-15H,3,6-7,10-11,18H2,1H3,(H,19,22)(H,20,21)/t12-,15?/m0/s1. The van der Waals surface area contributed by atoms with E-state index in [9.17, 15) is 9.59 Å². The number of rotatable bonds is 5. The Hall–Kier alpha value is -1.88. The van der Waals surface area contributed by atoms with Crippen molar-refractivity contribution in [3.8, 4) is 0 Å². The highest BCUT2D eigenvalue weighted by molar-refractivity contribution is 5.90. The van der Waals surface area contributed by atoms with Crippen LogP contribution >= 0.6 is 0 Å². The van der Waals surface area contributed by atoms with Crippen LogP contribution in [0, 0.1) is 0 Å². The number of hydrogen-bond donors (Lipinski definition) is 3. The summed E-state index contributed by atoms with van der Waals surface area (Å²) in [7, 11) is 0. The Morgan fingerprint density at radius 2 is 1.73 bits per heavy atom. The van der Waals surface area contributed by atoms with E-state index in [2.05, 4.69) is 10.6 Å². The molecule has 2 atom stereocenters. The summed E-state index contributed by atoms with van der Waals surface area (Å²) < 4.78 is 0. The molecule has 1 aliphatic rings. The van der Waals surface area contributed by atoms with Gasteiger partial charge in [0.15, 0.2) is 0 Å². The summed E-state index contributed by atoms with van der Waals surface area (Å²) in [5.41, 5.74) is 6.37. The van der Waals surface area contributed by atoms with Crippen molar-refractivity contribution in [3.05, 3.63) is 35.9 Å². The molecule has 1 saturated carbocycles. The van der Waals surface area contributed by atoms with Crippen molar-refractivity contribution >= 4 is 11.8 Å². The van der Waals surface area contributed by atoms with Crippen LogP contribution in [0.3, 0.4) is 0 Å². The molecule has 0 spiro atoms. The number of benzene rings is 1. The molecule has 0 bridgehead atoms. The van der Waals surface area contributed by atoms with Gasteiger partial charge >= 0.3 is 0 Å². The third-order valence-corrected chi connectivity index (χ3v) is 4.05. The van der Waals surface area contributed by atoms with E-state index in [0.29, 0.717) is 0 Å². The largest absolute Gasteiger partial charge is 0.351 e. The Bertz CT molecular complexity index is 496. The Morgan fingerprint density at radius 1 is 1.09 bits per heavy atom. The van der Waals surface area contributed by atoms with Gasteiger partial charge < -0.3 is 16.4 Å². The molecular weight excluding hydrogens is 278 g/mol. The monoisotopic (exact) mass is 303 g/mol. The molecule has 0 radical (unpaired) electrons. The highest BCUT2D eigenvalue weighted by Gasteiger charge is 2.26. The maximum atomic E-state index is 12.6. The van der Waals surface area contributed by atoms with E-state index < -0.39 is 12.1 Å². The van der Waals surface area contributed by atoms with Crippen LogP contribution in [-0.2, 0) is 9.59 Å². The quantitative estimate of drug-likeness (QED) is 0.773. The van der Waals surface area contributed by atoms with Gasteiger partial charge in [-0.05, 0) is 25.3 Å². The van der Waals surface area contributed by atoms with Gasteiger partial charge in [0.05, 0.1) is 6.04 Å². The molecule has 1 aromatic rings. The molecule has 1 aliphatic carbocycles. The summed E-state index contributed by atoms with van der Waals surface area (Å²) in [6, 6.07) is 8.14. The highest BCUT2D eigenvalue weighted by atomic mass is 16.2. The average molecular weight is 303 g/mol. The fourth-order valence-corrected chi connectivity index (χ4v) is 2.75. The van der Waals surface area contributed by atoms with Gasteiger partial charge in [-0.2, -0.15) is 0 Å². The number of carbonyl (C=O) groups excluding carboxylic acids is 2. The number of amides is 2. The van der Waals surface area contributed by atoms with Gasteiger partial charge in [0.2, 0.25) is 11.8 Å². The van der Waals surface area contributed by atoms with E-state index in [4.69, 9.17) is 5.73 Å². The maximum Gasteiger partial charge on any atom is 0.247 e. The molecule has 2 amide bonds. The Morgan fingerprint density at radius 3 is 2.32 bits per heavy atom. The Labute approximate surface area is 131 Å². The molecular formula is C17H25N3O2. The van der Waals surface area contributed by atoms with Gasteiger partial charge in [0, 0.05) is 6.04 Å². The zero-order chi connectivity index (χ0) is 15.9. The van der Waals surface area contributed by atoms with Crippen molar-refractivity contribution in [3.63, 3.8) is 0 Å². The Balaban J connectivity index is 2.09. The van der Waals surface area contributed by atoms with Crippen LogP contribution in [0.1, 0.15) is 50.6 Å². The summed E-state index contributed by atoms with van der Waals surface area (Å²) in [6.07, 6.45) is 5.54. The summed E-state index contributed by atoms with van der Waals surface area (Å²) in [6.45, 7) is 1.61. The minimum Gasteiger partial charge on any atom is -0.351 e. The molecule has 120 valence electrons. The number of nitrogens with two attached hydrogens (primary N) is 1. The molecule has 22 heavy (non-hydrogen) atoms. The molecule has 4 N–H and O–H groups in total. The fourth-order valence-electron chi connectivity index (χ4n) is 2.75. The van der Waals surface area contributed by atoms with E-state index >= 15 is 0 Å². The van der Waals surface area contributed by atoms with Crippen LogP contribution in [0.15, 0.2) is 30.3 Å². The molecule has 1 fully saturated rings. The van der Waals surface area contributed by atoms with Crippen molar-refractivity contribution in [1.29, 1.82) is 0 Å². The highest BCUT2D eigenvalue weighted by Crippen LogP contribution is 2.19. The third-order valence-electron chi connectivity index (χ3n) is 4.05. The number of nitrogens with one attached hydrogen (secondary N) is 2. The average Bonchev–Trinajstić information content (AvgIpc) is 2.54. The first-order chi connectivity index (χ1) is 10.6. The lowest BCUT2D eigenvalue weighted by Gasteiger charge is -2.26. The zero-order valence-electron chi connectivity index (χ0n) is 13.0. The van der Waals surface area contributed by atoms with E-state index in [0.717, 1.165) is 31.2 Å². The molecule has 5 heteroatoms. The van der Waals surface area contributed by atoms with Crippen molar-refractivity contribution in [2.45, 2.75) is 57.2 Å². The van der Waals surface area contributed by atoms with E-state index in [1.807, 2.05) is 30.3 Å². The van der Waals surface area contributed by atoms with E-state index in [1.54, 1.807) is 6.92 Å². The van der Waals surface area contributed by atoms with Crippen molar-refractivity contribution in [1.82, 2.24) is 10.6 Å². The Kier molecular flexibility index (Phi) is 5.95. The first-order valence-corrected chi connectivity index (χ1v) is 7.99. The molecule has 0 aromatic heterocycles. The molecule has 0 aliphatic heterocycles.